The van der Waals surface area contributed by atoms with Gasteiger partial charge in [-0.1, -0.05) is 54.6 Å². The lowest BCUT2D eigenvalue weighted by Gasteiger charge is -2.35. The second kappa shape index (κ2) is 6.36. The Labute approximate surface area is 126 Å². The molecule has 0 aliphatic carbocycles. The summed E-state index contributed by atoms with van der Waals surface area (Å²) in [5, 5.41) is 0. The Kier molecular flexibility index (Phi) is 4.78. The lowest BCUT2D eigenvalue weighted by molar-refractivity contribution is -0.00000369. The van der Waals surface area contributed by atoms with Crippen molar-refractivity contribution in [1.29, 1.82) is 0 Å². The first-order valence-electron chi connectivity index (χ1n) is 6.70. The van der Waals surface area contributed by atoms with Gasteiger partial charge < -0.3 is 17.0 Å². The Morgan fingerprint density at radius 1 is 1.00 bits per heavy atom. The van der Waals surface area contributed by atoms with Gasteiger partial charge in [-0.25, -0.2) is 0 Å². The summed E-state index contributed by atoms with van der Waals surface area (Å²) < 4.78 is 0. The fraction of sp³-hybridized carbons (Fsp3) is 0.294. The van der Waals surface area contributed by atoms with E-state index in [1.54, 1.807) is 0 Å². The average molecular weight is 317 g/mol. The second-order valence-electron chi connectivity index (χ2n) is 5.08. The van der Waals surface area contributed by atoms with Crippen LogP contribution in [0.5, 0.6) is 0 Å². The summed E-state index contributed by atoms with van der Waals surface area (Å²) in [5.74, 6) is 0. The van der Waals surface area contributed by atoms with E-state index in [1.807, 2.05) is 0 Å². The van der Waals surface area contributed by atoms with E-state index >= 15 is 0 Å². The van der Waals surface area contributed by atoms with Crippen molar-refractivity contribution in [2.45, 2.75) is 25.9 Å². The van der Waals surface area contributed by atoms with Crippen LogP contribution >= 0.6 is 0 Å². The molecule has 0 N–H and O–H groups in total. The van der Waals surface area contributed by atoms with Gasteiger partial charge >= 0.3 is 0 Å². The van der Waals surface area contributed by atoms with Gasteiger partial charge in [0, 0.05) is 19.1 Å². The van der Waals surface area contributed by atoms with Gasteiger partial charge in [0.2, 0.25) is 0 Å². The molecule has 1 atom stereocenters. The maximum atomic E-state index is 2.57. The van der Waals surface area contributed by atoms with Crippen LogP contribution in [-0.2, 0) is 13.0 Å². The number of rotatable bonds is 2. The van der Waals surface area contributed by atoms with Crippen molar-refractivity contribution in [3.05, 3.63) is 71.3 Å². The number of halogens is 1. The Hall–Kier alpha value is -1.12. The lowest BCUT2D eigenvalue weighted by atomic mass is 9.93. The molecule has 100 valence electrons. The zero-order chi connectivity index (χ0) is 12.4. The van der Waals surface area contributed by atoms with Crippen LogP contribution in [0.1, 0.15) is 29.7 Å². The molecule has 2 aromatic carbocycles. The van der Waals surface area contributed by atoms with Crippen molar-refractivity contribution >= 4 is 0 Å². The van der Waals surface area contributed by atoms with Crippen LogP contribution < -0.4 is 17.0 Å². The molecule has 0 aromatic heterocycles. The smallest absolute Gasteiger partial charge is 0.0326 e. The normalized spacial score (nSPS) is 18.5. The molecule has 0 saturated heterocycles. The first-order chi connectivity index (χ1) is 8.84. The molecule has 0 saturated carbocycles. The van der Waals surface area contributed by atoms with Gasteiger partial charge in [0.15, 0.2) is 0 Å². The quantitative estimate of drug-likeness (QED) is 0.792. The summed E-state index contributed by atoms with van der Waals surface area (Å²) in [5.41, 5.74) is 4.43. The van der Waals surface area contributed by atoms with Crippen molar-refractivity contribution in [1.82, 2.24) is 4.90 Å². The van der Waals surface area contributed by atoms with Crippen molar-refractivity contribution < 1.29 is 17.0 Å². The molecular formula is C17H19BrN-. The Balaban J connectivity index is 0.00000133. The molecule has 0 amide bonds. The minimum Gasteiger partial charge on any atom is -1.00 e. The van der Waals surface area contributed by atoms with Crippen molar-refractivity contribution in [2.24, 2.45) is 0 Å². The average Bonchev–Trinajstić information content (AvgIpc) is 2.43. The predicted octanol–water partition coefficient (Wildman–Crippen LogP) is 0.810. The lowest BCUT2D eigenvalue weighted by Crippen LogP contribution is -3.00. The van der Waals surface area contributed by atoms with E-state index in [0.717, 1.165) is 13.1 Å². The molecular weight excluding hydrogens is 298 g/mol. The van der Waals surface area contributed by atoms with Gasteiger partial charge in [-0.3, -0.25) is 4.90 Å². The van der Waals surface area contributed by atoms with Crippen LogP contribution in [0.4, 0.5) is 0 Å². The highest BCUT2D eigenvalue weighted by Gasteiger charge is 2.22. The SMILES string of the molecule is CC1c2ccccc2CCN1Cc1ccccc1.[Br-]. The Bertz CT molecular complexity index is 524. The van der Waals surface area contributed by atoms with Crippen LogP contribution in [-0.4, -0.2) is 11.4 Å². The third-order valence-electron chi connectivity index (χ3n) is 3.95. The monoisotopic (exact) mass is 316 g/mol. The molecule has 1 nitrogen and oxygen atoms in total. The zero-order valence-electron chi connectivity index (χ0n) is 11.2. The van der Waals surface area contributed by atoms with Crippen molar-refractivity contribution in [3.8, 4) is 0 Å². The molecule has 0 bridgehead atoms. The molecule has 1 heterocycles. The van der Waals surface area contributed by atoms with E-state index in [2.05, 4.69) is 66.4 Å². The predicted molar refractivity (Wildman–Crippen MR) is 75.4 cm³/mol. The van der Waals surface area contributed by atoms with Crippen molar-refractivity contribution in [3.63, 3.8) is 0 Å². The van der Waals surface area contributed by atoms with Gasteiger partial charge in [0.1, 0.15) is 0 Å². The van der Waals surface area contributed by atoms with Gasteiger partial charge in [-0.15, -0.1) is 0 Å². The highest BCUT2D eigenvalue weighted by molar-refractivity contribution is 5.32. The van der Waals surface area contributed by atoms with Gasteiger partial charge in [-0.2, -0.15) is 0 Å². The minimum atomic E-state index is 0. The number of benzene rings is 2. The van der Waals surface area contributed by atoms with Crippen LogP contribution in [0.3, 0.4) is 0 Å². The van der Waals surface area contributed by atoms with Gasteiger partial charge in [0.05, 0.1) is 0 Å². The third kappa shape index (κ3) is 3.07. The van der Waals surface area contributed by atoms with E-state index in [9.17, 15) is 0 Å². The summed E-state index contributed by atoms with van der Waals surface area (Å²) in [7, 11) is 0. The highest BCUT2D eigenvalue weighted by atomic mass is 79.9. The van der Waals surface area contributed by atoms with Crippen molar-refractivity contribution in [2.75, 3.05) is 6.54 Å². The molecule has 0 fully saturated rings. The summed E-state index contributed by atoms with van der Waals surface area (Å²) in [6.45, 7) is 4.53. The number of hydrogen-bond donors (Lipinski definition) is 0. The fourth-order valence-corrected chi connectivity index (χ4v) is 2.86. The van der Waals surface area contributed by atoms with E-state index < -0.39 is 0 Å². The molecule has 3 rings (SSSR count). The van der Waals surface area contributed by atoms with E-state index in [4.69, 9.17) is 0 Å². The molecule has 1 aliphatic rings. The molecule has 0 radical (unpaired) electrons. The second-order valence-corrected chi connectivity index (χ2v) is 5.08. The van der Waals surface area contributed by atoms with Gasteiger partial charge in [-0.05, 0) is 30.0 Å². The maximum absolute atomic E-state index is 2.57. The standard InChI is InChI=1S/C17H19N.BrH/c1-14-17-10-6-5-9-16(17)11-12-18(14)13-15-7-3-2-4-8-15;/h2-10,14H,11-13H2,1H3;1H/p-1. The summed E-state index contributed by atoms with van der Waals surface area (Å²) in [6.07, 6.45) is 1.17. The van der Waals surface area contributed by atoms with Crippen LogP contribution in [0, 0.1) is 0 Å². The minimum absolute atomic E-state index is 0. The third-order valence-corrected chi connectivity index (χ3v) is 3.95. The van der Waals surface area contributed by atoms with Crippen LogP contribution in [0.15, 0.2) is 54.6 Å². The molecule has 0 spiro atoms. The summed E-state index contributed by atoms with van der Waals surface area (Å²) in [4.78, 5) is 2.57. The van der Waals surface area contributed by atoms with E-state index in [-0.39, 0.29) is 17.0 Å². The molecule has 2 aromatic rings. The number of hydrogen-bond acceptors (Lipinski definition) is 1. The summed E-state index contributed by atoms with van der Waals surface area (Å²) in [6, 6.07) is 20.1. The first-order valence-corrected chi connectivity index (χ1v) is 6.70. The topological polar surface area (TPSA) is 3.24 Å². The molecule has 19 heavy (non-hydrogen) atoms. The summed E-state index contributed by atoms with van der Waals surface area (Å²) >= 11 is 0. The van der Waals surface area contributed by atoms with E-state index in [1.165, 1.54) is 23.1 Å². The Morgan fingerprint density at radius 2 is 1.68 bits per heavy atom. The van der Waals surface area contributed by atoms with E-state index in [0.29, 0.717) is 6.04 Å². The number of nitrogens with zero attached hydrogens (tertiary/aromatic N) is 1. The van der Waals surface area contributed by atoms with Crippen LogP contribution in [0.25, 0.3) is 0 Å². The molecule has 1 unspecified atom stereocenters. The Morgan fingerprint density at radius 3 is 2.47 bits per heavy atom. The van der Waals surface area contributed by atoms with Gasteiger partial charge in [0.25, 0.3) is 0 Å². The maximum Gasteiger partial charge on any atom is 0.0326 e. The first kappa shape index (κ1) is 14.3. The highest BCUT2D eigenvalue weighted by Crippen LogP contribution is 2.30. The van der Waals surface area contributed by atoms with Crippen LogP contribution in [0.2, 0.25) is 0 Å². The molecule has 1 aliphatic heterocycles. The molecule has 2 heteroatoms. The zero-order valence-corrected chi connectivity index (χ0v) is 12.8. The number of fused-ring (bicyclic) bond motifs is 1. The fourth-order valence-electron chi connectivity index (χ4n) is 2.86. The largest absolute Gasteiger partial charge is 1.00 e.